The second kappa shape index (κ2) is 8.33. The minimum Gasteiger partial charge on any atom is -0.464 e. The molecule has 1 aromatic carbocycles. The summed E-state index contributed by atoms with van der Waals surface area (Å²) in [6, 6.07) is 12.3. The predicted octanol–water partition coefficient (Wildman–Crippen LogP) is 2.16. The molecule has 124 valence electrons. The molecule has 0 aliphatic rings. The molecule has 2 rings (SSSR count). The molecule has 1 heterocycles. The molecule has 1 aromatic heterocycles. The normalized spacial score (nSPS) is 11.1. The Balaban J connectivity index is 2.46. The Bertz CT molecular complexity index is 667. The third-order valence-corrected chi connectivity index (χ3v) is 3.00. The molecule has 0 bridgehead atoms. The Hall–Kier alpha value is -3.35. The van der Waals surface area contributed by atoms with Gasteiger partial charge in [0.1, 0.15) is 0 Å². The summed E-state index contributed by atoms with van der Waals surface area (Å²) >= 11 is 0. The van der Waals surface area contributed by atoms with Crippen molar-refractivity contribution in [1.82, 2.24) is 4.98 Å². The van der Waals surface area contributed by atoms with Crippen molar-refractivity contribution in [3.8, 4) is 0 Å². The molecule has 0 fully saturated rings. The number of hydrogen-bond acceptors (Lipinski definition) is 7. The van der Waals surface area contributed by atoms with E-state index in [4.69, 9.17) is 9.47 Å². The lowest BCUT2D eigenvalue weighted by Gasteiger charge is -2.15. The number of carbonyl (C=O) groups excluding carboxylic acids is 2. The summed E-state index contributed by atoms with van der Waals surface area (Å²) in [6.07, 6.45) is 3.11. The highest BCUT2D eigenvalue weighted by Crippen LogP contribution is 2.17. The lowest BCUT2D eigenvalue weighted by atomic mass is 10.2. The molecule has 7 nitrogen and oxygen atoms in total. The third kappa shape index (κ3) is 4.33. The second-order valence-corrected chi connectivity index (χ2v) is 4.59. The van der Waals surface area contributed by atoms with E-state index in [9.17, 15) is 9.59 Å². The Kier molecular flexibility index (Phi) is 5.90. The van der Waals surface area contributed by atoms with Gasteiger partial charge in [0, 0.05) is 11.9 Å². The quantitative estimate of drug-likeness (QED) is 0.621. The number of anilines is 2. The summed E-state index contributed by atoms with van der Waals surface area (Å²) in [7, 11) is 2.46. The van der Waals surface area contributed by atoms with Crippen molar-refractivity contribution in [2.45, 2.75) is 0 Å². The van der Waals surface area contributed by atoms with E-state index < -0.39 is 11.9 Å². The Labute approximate surface area is 139 Å². The molecule has 2 N–H and O–H groups in total. The van der Waals surface area contributed by atoms with Gasteiger partial charge in [-0.1, -0.05) is 18.2 Å². The number of benzene rings is 1. The maximum absolute atomic E-state index is 12.2. The maximum atomic E-state index is 12.2. The smallest absolute Gasteiger partial charge is 0.356 e. The largest absolute Gasteiger partial charge is 0.464 e. The van der Waals surface area contributed by atoms with Crippen molar-refractivity contribution < 1.29 is 19.1 Å². The van der Waals surface area contributed by atoms with Crippen LogP contribution in [-0.4, -0.2) is 31.1 Å². The third-order valence-electron chi connectivity index (χ3n) is 3.00. The van der Waals surface area contributed by atoms with Crippen LogP contribution >= 0.6 is 0 Å². The highest BCUT2D eigenvalue weighted by Gasteiger charge is 2.23. The van der Waals surface area contributed by atoms with Gasteiger partial charge in [0.2, 0.25) is 0 Å². The second-order valence-electron chi connectivity index (χ2n) is 4.59. The average Bonchev–Trinajstić information content (AvgIpc) is 2.65. The number of aromatic nitrogens is 1. The van der Waals surface area contributed by atoms with Crippen molar-refractivity contribution in [2.75, 3.05) is 24.9 Å². The molecule has 0 atom stereocenters. The molecular formula is C17H17N3O4. The highest BCUT2D eigenvalue weighted by atomic mass is 16.5. The first-order valence-electron chi connectivity index (χ1n) is 7.05. The van der Waals surface area contributed by atoms with E-state index in [1.807, 2.05) is 6.07 Å². The van der Waals surface area contributed by atoms with Crippen molar-refractivity contribution in [2.24, 2.45) is 0 Å². The fraction of sp³-hybridized carbons (Fsp3) is 0.118. The molecular weight excluding hydrogens is 310 g/mol. The van der Waals surface area contributed by atoms with Gasteiger partial charge in [0.25, 0.3) is 0 Å². The van der Waals surface area contributed by atoms with Gasteiger partial charge in [-0.15, -0.1) is 0 Å². The van der Waals surface area contributed by atoms with E-state index in [1.165, 1.54) is 20.4 Å². The number of hydrogen-bond donors (Lipinski definition) is 2. The van der Waals surface area contributed by atoms with Crippen LogP contribution in [0.4, 0.5) is 11.4 Å². The lowest BCUT2D eigenvalue weighted by molar-refractivity contribution is -0.139. The van der Waals surface area contributed by atoms with Crippen LogP contribution in [0, 0.1) is 0 Å². The number of esters is 2. The standard InChI is InChI=1S/C17H17N3O4/c1-23-16(21)14(19-12-7-4-3-5-8-12)15(17(22)24-2)20-13-9-6-10-18-11-13/h3-11,19-20H,1-2H3/b15-14+. The van der Waals surface area contributed by atoms with Gasteiger partial charge >= 0.3 is 11.9 Å². The molecule has 0 amide bonds. The zero-order valence-corrected chi connectivity index (χ0v) is 13.3. The minimum absolute atomic E-state index is 0.0700. The number of rotatable bonds is 6. The van der Waals surface area contributed by atoms with E-state index in [0.29, 0.717) is 11.4 Å². The van der Waals surface area contributed by atoms with E-state index >= 15 is 0 Å². The van der Waals surface area contributed by atoms with Crippen LogP contribution in [0.5, 0.6) is 0 Å². The number of para-hydroxylation sites is 1. The van der Waals surface area contributed by atoms with Gasteiger partial charge in [-0.25, -0.2) is 9.59 Å². The summed E-state index contributed by atoms with van der Waals surface area (Å²) < 4.78 is 9.55. The first kappa shape index (κ1) is 17.0. The molecule has 0 spiro atoms. The molecule has 0 saturated heterocycles. The summed E-state index contributed by atoms with van der Waals surface area (Å²) in [6.45, 7) is 0. The van der Waals surface area contributed by atoms with E-state index in [-0.39, 0.29) is 11.4 Å². The van der Waals surface area contributed by atoms with E-state index in [0.717, 1.165) is 0 Å². The van der Waals surface area contributed by atoms with Crippen LogP contribution < -0.4 is 10.6 Å². The fourth-order valence-corrected chi connectivity index (χ4v) is 1.88. The number of ether oxygens (including phenoxy) is 2. The molecule has 2 aromatic rings. The Morgan fingerprint density at radius 2 is 1.38 bits per heavy atom. The summed E-state index contributed by atoms with van der Waals surface area (Å²) in [4.78, 5) is 28.3. The molecule has 0 aliphatic heterocycles. The molecule has 0 unspecified atom stereocenters. The summed E-state index contributed by atoms with van der Waals surface area (Å²) in [5.74, 6) is -1.43. The monoisotopic (exact) mass is 327 g/mol. The molecule has 7 heteroatoms. The Morgan fingerprint density at radius 3 is 1.88 bits per heavy atom. The molecule has 0 radical (unpaired) electrons. The number of pyridine rings is 1. The van der Waals surface area contributed by atoms with Crippen LogP contribution in [0.1, 0.15) is 0 Å². The van der Waals surface area contributed by atoms with Crippen molar-refractivity contribution >= 4 is 23.3 Å². The van der Waals surface area contributed by atoms with Crippen molar-refractivity contribution in [1.29, 1.82) is 0 Å². The molecule has 0 aliphatic carbocycles. The topological polar surface area (TPSA) is 89.5 Å². The Morgan fingerprint density at radius 1 is 0.833 bits per heavy atom. The lowest BCUT2D eigenvalue weighted by Crippen LogP contribution is -2.24. The minimum atomic E-state index is -0.720. The van der Waals surface area contributed by atoms with Crippen molar-refractivity contribution in [3.05, 3.63) is 66.3 Å². The first-order valence-corrected chi connectivity index (χ1v) is 7.05. The van der Waals surface area contributed by atoms with Gasteiger partial charge < -0.3 is 20.1 Å². The number of carbonyl (C=O) groups is 2. The van der Waals surface area contributed by atoms with Gasteiger partial charge in [-0.2, -0.15) is 0 Å². The van der Waals surface area contributed by atoms with Crippen LogP contribution in [0.15, 0.2) is 66.3 Å². The van der Waals surface area contributed by atoms with E-state index in [1.54, 1.807) is 42.6 Å². The van der Waals surface area contributed by atoms with Crippen LogP contribution in [-0.2, 0) is 19.1 Å². The summed E-state index contributed by atoms with van der Waals surface area (Å²) in [5, 5.41) is 5.73. The summed E-state index contributed by atoms with van der Waals surface area (Å²) in [5.41, 5.74) is 0.988. The fourth-order valence-electron chi connectivity index (χ4n) is 1.88. The number of nitrogens with zero attached hydrogens (tertiary/aromatic N) is 1. The van der Waals surface area contributed by atoms with Gasteiger partial charge in [-0.05, 0) is 24.3 Å². The molecule has 24 heavy (non-hydrogen) atoms. The van der Waals surface area contributed by atoms with E-state index in [2.05, 4.69) is 15.6 Å². The zero-order chi connectivity index (χ0) is 17.4. The van der Waals surface area contributed by atoms with Gasteiger partial charge in [-0.3, -0.25) is 4.98 Å². The highest BCUT2D eigenvalue weighted by molar-refractivity contribution is 6.04. The van der Waals surface area contributed by atoms with Crippen molar-refractivity contribution in [3.63, 3.8) is 0 Å². The maximum Gasteiger partial charge on any atom is 0.356 e. The first-order chi connectivity index (χ1) is 11.7. The van der Waals surface area contributed by atoms with Gasteiger partial charge in [0.15, 0.2) is 11.4 Å². The molecule has 0 saturated carbocycles. The van der Waals surface area contributed by atoms with Crippen LogP contribution in [0.3, 0.4) is 0 Å². The van der Waals surface area contributed by atoms with Gasteiger partial charge in [0.05, 0.1) is 26.1 Å². The average molecular weight is 327 g/mol. The number of methoxy groups -OCH3 is 2. The SMILES string of the molecule is COC(=O)/C(Nc1ccccc1)=C(\Nc1cccnc1)C(=O)OC. The number of nitrogens with one attached hydrogen (secondary N) is 2. The van der Waals surface area contributed by atoms with Crippen LogP contribution in [0.25, 0.3) is 0 Å². The van der Waals surface area contributed by atoms with Crippen LogP contribution in [0.2, 0.25) is 0 Å². The predicted molar refractivity (Wildman–Crippen MR) is 89.0 cm³/mol. The zero-order valence-electron chi connectivity index (χ0n) is 13.3.